The molecule has 0 unspecified atom stereocenters. The van der Waals surface area contributed by atoms with Crippen LogP contribution in [0.4, 0.5) is 0 Å². The van der Waals surface area contributed by atoms with Gasteiger partial charge in [0, 0.05) is 17.2 Å². The molecule has 3 rings (SSSR count). The topological polar surface area (TPSA) is 43.6 Å². The summed E-state index contributed by atoms with van der Waals surface area (Å²) in [4.78, 5) is 13.4. The second-order valence-electron chi connectivity index (χ2n) is 4.88. The summed E-state index contributed by atoms with van der Waals surface area (Å²) >= 11 is 6.22. The molecule has 2 heterocycles. The van der Waals surface area contributed by atoms with Gasteiger partial charge in [-0.3, -0.25) is 4.57 Å². The molecule has 0 spiro atoms. The zero-order valence-electron chi connectivity index (χ0n) is 10.7. The Balaban J connectivity index is 2.18. The van der Waals surface area contributed by atoms with Crippen LogP contribution in [0.2, 0.25) is 5.15 Å². The number of aromatic nitrogens is 4. The maximum Gasteiger partial charge on any atom is 0.146 e. The molecule has 0 radical (unpaired) electrons. The highest BCUT2D eigenvalue weighted by molar-refractivity contribution is 6.30. The first-order valence-corrected chi connectivity index (χ1v) is 6.50. The Morgan fingerprint density at radius 3 is 2.50 bits per heavy atom. The molecule has 0 saturated heterocycles. The van der Waals surface area contributed by atoms with E-state index in [-0.39, 0.29) is 0 Å². The fourth-order valence-corrected chi connectivity index (χ4v) is 2.14. The zero-order valence-corrected chi connectivity index (χ0v) is 11.5. The van der Waals surface area contributed by atoms with Gasteiger partial charge in [0.15, 0.2) is 0 Å². The van der Waals surface area contributed by atoms with E-state index < -0.39 is 0 Å². The molecule has 18 heavy (non-hydrogen) atoms. The third kappa shape index (κ3) is 1.81. The van der Waals surface area contributed by atoms with E-state index in [0.717, 1.165) is 28.6 Å². The lowest BCUT2D eigenvalue weighted by Gasteiger charge is -2.11. The summed E-state index contributed by atoms with van der Waals surface area (Å²) in [6.07, 6.45) is 4.13. The van der Waals surface area contributed by atoms with Crippen molar-refractivity contribution in [1.29, 1.82) is 0 Å². The second kappa shape index (κ2) is 4.05. The summed E-state index contributed by atoms with van der Waals surface area (Å²) in [5.41, 5.74) is 3.01. The Bertz CT molecular complexity index is 614. The van der Waals surface area contributed by atoms with E-state index in [1.165, 1.54) is 12.8 Å². The molecule has 0 amide bonds. The van der Waals surface area contributed by atoms with Crippen molar-refractivity contribution in [2.24, 2.45) is 0 Å². The zero-order chi connectivity index (χ0) is 12.9. The highest BCUT2D eigenvalue weighted by atomic mass is 35.5. The molecule has 4 nitrogen and oxygen atoms in total. The molecule has 0 aliphatic heterocycles. The Morgan fingerprint density at radius 1 is 1.22 bits per heavy atom. The van der Waals surface area contributed by atoms with Gasteiger partial charge in [-0.1, -0.05) is 11.6 Å². The quantitative estimate of drug-likeness (QED) is 0.781. The van der Waals surface area contributed by atoms with E-state index in [9.17, 15) is 0 Å². The maximum absolute atomic E-state index is 6.22. The minimum absolute atomic E-state index is 0.492. The van der Waals surface area contributed by atoms with Crippen molar-refractivity contribution >= 4 is 11.6 Å². The van der Waals surface area contributed by atoms with Gasteiger partial charge in [-0.25, -0.2) is 15.0 Å². The predicted molar refractivity (Wildman–Crippen MR) is 70.4 cm³/mol. The standard InChI is InChI=1S/C13H15ClN4/c1-7-11(14)16-12(10-4-5-10)17-13(7)18-6-15-8(2)9(18)3/h6,10H,4-5H2,1-3H3. The van der Waals surface area contributed by atoms with E-state index in [2.05, 4.69) is 15.0 Å². The number of nitrogens with zero attached hydrogens (tertiary/aromatic N) is 4. The molecule has 1 fully saturated rings. The van der Waals surface area contributed by atoms with Gasteiger partial charge >= 0.3 is 0 Å². The molecule has 1 aliphatic rings. The Kier molecular flexibility index (Phi) is 2.63. The summed E-state index contributed by atoms with van der Waals surface area (Å²) in [5.74, 6) is 2.22. The van der Waals surface area contributed by atoms with Gasteiger partial charge in [0.1, 0.15) is 23.1 Å². The van der Waals surface area contributed by atoms with E-state index in [1.807, 2.05) is 25.3 Å². The van der Waals surface area contributed by atoms with Gasteiger partial charge in [0.25, 0.3) is 0 Å². The van der Waals surface area contributed by atoms with Gasteiger partial charge in [0.2, 0.25) is 0 Å². The van der Waals surface area contributed by atoms with Crippen molar-refractivity contribution in [3.63, 3.8) is 0 Å². The van der Waals surface area contributed by atoms with Crippen LogP contribution in [-0.2, 0) is 0 Å². The maximum atomic E-state index is 6.22. The third-order valence-electron chi connectivity index (χ3n) is 3.50. The van der Waals surface area contributed by atoms with Crippen molar-refractivity contribution in [1.82, 2.24) is 19.5 Å². The van der Waals surface area contributed by atoms with Crippen LogP contribution in [0.1, 0.15) is 41.5 Å². The minimum Gasteiger partial charge on any atom is -0.287 e. The minimum atomic E-state index is 0.492. The van der Waals surface area contributed by atoms with Crippen LogP contribution in [0.15, 0.2) is 6.33 Å². The number of hydrogen-bond donors (Lipinski definition) is 0. The number of halogens is 1. The number of rotatable bonds is 2. The molecule has 1 saturated carbocycles. The molecule has 1 aliphatic carbocycles. The van der Waals surface area contributed by atoms with Crippen molar-refractivity contribution in [3.05, 3.63) is 34.3 Å². The van der Waals surface area contributed by atoms with Gasteiger partial charge in [-0.2, -0.15) is 0 Å². The lowest BCUT2D eigenvalue weighted by molar-refractivity contribution is 0.853. The van der Waals surface area contributed by atoms with E-state index in [1.54, 1.807) is 6.33 Å². The fraction of sp³-hybridized carbons (Fsp3) is 0.462. The second-order valence-corrected chi connectivity index (χ2v) is 5.24. The Hall–Kier alpha value is -1.42. The molecule has 0 atom stereocenters. The number of hydrogen-bond acceptors (Lipinski definition) is 3. The Labute approximate surface area is 111 Å². The largest absolute Gasteiger partial charge is 0.287 e. The summed E-state index contributed by atoms with van der Waals surface area (Å²) < 4.78 is 1.99. The van der Waals surface area contributed by atoms with Gasteiger partial charge in [-0.15, -0.1) is 0 Å². The van der Waals surface area contributed by atoms with Gasteiger partial charge < -0.3 is 0 Å². The van der Waals surface area contributed by atoms with Crippen LogP contribution in [0, 0.1) is 20.8 Å². The Morgan fingerprint density at radius 2 is 1.94 bits per heavy atom. The molecule has 0 aromatic carbocycles. The van der Waals surface area contributed by atoms with Crippen molar-refractivity contribution in [3.8, 4) is 5.82 Å². The van der Waals surface area contributed by atoms with E-state index >= 15 is 0 Å². The van der Waals surface area contributed by atoms with Gasteiger partial charge in [-0.05, 0) is 33.6 Å². The van der Waals surface area contributed by atoms with E-state index in [0.29, 0.717) is 11.1 Å². The normalized spacial score (nSPS) is 15.1. The third-order valence-corrected chi connectivity index (χ3v) is 3.87. The summed E-state index contributed by atoms with van der Waals surface area (Å²) in [6.45, 7) is 5.98. The molecule has 2 aromatic rings. The highest BCUT2D eigenvalue weighted by Crippen LogP contribution is 2.39. The summed E-state index contributed by atoms with van der Waals surface area (Å²) in [6, 6.07) is 0. The molecule has 94 valence electrons. The van der Waals surface area contributed by atoms with Crippen molar-refractivity contribution in [2.45, 2.75) is 39.5 Å². The molecule has 0 bridgehead atoms. The summed E-state index contributed by atoms with van der Waals surface area (Å²) in [7, 11) is 0. The molecule has 2 aromatic heterocycles. The van der Waals surface area contributed by atoms with Crippen LogP contribution in [0.5, 0.6) is 0 Å². The number of aryl methyl sites for hydroxylation is 1. The van der Waals surface area contributed by atoms with E-state index in [4.69, 9.17) is 11.6 Å². The molecule has 5 heteroatoms. The predicted octanol–water partition coefficient (Wildman–Crippen LogP) is 3.12. The first-order valence-electron chi connectivity index (χ1n) is 6.13. The van der Waals surface area contributed by atoms with Crippen LogP contribution >= 0.6 is 11.6 Å². The molecular weight excluding hydrogens is 248 g/mol. The fourth-order valence-electron chi connectivity index (χ4n) is 1.96. The van der Waals surface area contributed by atoms with Crippen molar-refractivity contribution < 1.29 is 0 Å². The molecule has 0 N–H and O–H groups in total. The average Bonchev–Trinajstić information content (AvgIpc) is 3.13. The molecular formula is C13H15ClN4. The van der Waals surface area contributed by atoms with Gasteiger partial charge in [0.05, 0.1) is 5.69 Å². The lowest BCUT2D eigenvalue weighted by atomic mass is 10.3. The van der Waals surface area contributed by atoms with Crippen LogP contribution < -0.4 is 0 Å². The lowest BCUT2D eigenvalue weighted by Crippen LogP contribution is -2.06. The monoisotopic (exact) mass is 262 g/mol. The average molecular weight is 263 g/mol. The number of imidazole rings is 1. The van der Waals surface area contributed by atoms with Crippen LogP contribution in [-0.4, -0.2) is 19.5 Å². The van der Waals surface area contributed by atoms with Crippen molar-refractivity contribution in [2.75, 3.05) is 0 Å². The smallest absolute Gasteiger partial charge is 0.146 e. The SMILES string of the molecule is Cc1ncn(-c2nc(C3CC3)nc(Cl)c2C)c1C. The highest BCUT2D eigenvalue weighted by Gasteiger charge is 2.28. The summed E-state index contributed by atoms with van der Waals surface area (Å²) in [5, 5.41) is 0.549. The van der Waals surface area contributed by atoms with Crippen LogP contribution in [0.3, 0.4) is 0 Å². The first kappa shape index (κ1) is 11.7. The van der Waals surface area contributed by atoms with Crippen LogP contribution in [0.25, 0.3) is 5.82 Å². The first-order chi connectivity index (χ1) is 8.58.